The predicted molar refractivity (Wildman–Crippen MR) is 72.3 cm³/mol. The van der Waals surface area contributed by atoms with E-state index in [0.717, 1.165) is 32.4 Å². The highest BCUT2D eigenvalue weighted by Crippen LogP contribution is 2.11. The van der Waals surface area contributed by atoms with E-state index in [2.05, 4.69) is 17.4 Å². The Balaban J connectivity index is 1.81. The summed E-state index contributed by atoms with van der Waals surface area (Å²) in [5, 5.41) is 3.04. The number of carbonyl (C=O) groups is 1. The lowest BCUT2D eigenvalue weighted by molar-refractivity contribution is 0.216. The van der Waals surface area contributed by atoms with Crippen LogP contribution >= 0.6 is 0 Å². The summed E-state index contributed by atoms with van der Waals surface area (Å²) in [4.78, 5) is 13.6. The second kappa shape index (κ2) is 6.40. The molecule has 0 bridgehead atoms. The van der Waals surface area contributed by atoms with Gasteiger partial charge in [0.25, 0.3) is 0 Å². The fraction of sp³-hybridized carbons (Fsp3) is 0.500. The zero-order chi connectivity index (χ0) is 12.8. The van der Waals surface area contributed by atoms with Crippen LogP contribution in [0.4, 0.5) is 4.79 Å². The number of carbonyl (C=O) groups excluding carboxylic acids is 1. The summed E-state index contributed by atoms with van der Waals surface area (Å²) in [6.07, 6.45) is 2.87. The molecule has 2 rings (SSSR count). The number of hydrogen-bond donors (Lipinski definition) is 2. The van der Waals surface area contributed by atoms with Crippen LogP contribution in [0.25, 0.3) is 0 Å². The molecule has 0 radical (unpaired) electrons. The number of nitrogens with one attached hydrogen (secondary N) is 1. The first-order valence-electron chi connectivity index (χ1n) is 6.59. The van der Waals surface area contributed by atoms with Gasteiger partial charge in [-0.25, -0.2) is 4.79 Å². The number of rotatable bonds is 6. The minimum atomic E-state index is 0.0629. The summed E-state index contributed by atoms with van der Waals surface area (Å²) in [5.41, 5.74) is 6.73. The summed E-state index contributed by atoms with van der Waals surface area (Å²) < 4.78 is 0. The number of amides is 2. The third-order valence-electron chi connectivity index (χ3n) is 3.26. The number of urea groups is 1. The Morgan fingerprint density at radius 2 is 2.06 bits per heavy atom. The maximum Gasteiger partial charge on any atom is 0.317 e. The Kier molecular flexibility index (Phi) is 4.59. The molecular formula is C14H21N3O. The van der Waals surface area contributed by atoms with Gasteiger partial charge in [-0.3, -0.25) is 0 Å². The van der Waals surface area contributed by atoms with Gasteiger partial charge in [-0.15, -0.1) is 0 Å². The molecule has 1 aliphatic heterocycles. The molecule has 4 nitrogen and oxygen atoms in total. The van der Waals surface area contributed by atoms with E-state index in [0.29, 0.717) is 6.54 Å². The molecule has 0 aromatic heterocycles. The topological polar surface area (TPSA) is 58.4 Å². The molecule has 4 heteroatoms. The molecule has 98 valence electrons. The fourth-order valence-electron chi connectivity index (χ4n) is 2.31. The third kappa shape index (κ3) is 3.47. The van der Waals surface area contributed by atoms with Crippen molar-refractivity contribution in [3.05, 3.63) is 35.9 Å². The van der Waals surface area contributed by atoms with E-state index in [9.17, 15) is 4.79 Å². The van der Waals surface area contributed by atoms with Gasteiger partial charge in [0.1, 0.15) is 0 Å². The molecule has 18 heavy (non-hydrogen) atoms. The van der Waals surface area contributed by atoms with E-state index < -0.39 is 0 Å². The molecule has 1 aromatic rings. The van der Waals surface area contributed by atoms with E-state index in [1.54, 1.807) is 0 Å². The van der Waals surface area contributed by atoms with E-state index in [1.165, 1.54) is 5.56 Å². The number of hydrogen-bond acceptors (Lipinski definition) is 2. The second-order valence-corrected chi connectivity index (χ2v) is 4.78. The van der Waals surface area contributed by atoms with E-state index in [4.69, 9.17) is 5.73 Å². The Bertz CT molecular complexity index is 380. The average Bonchev–Trinajstić information content (AvgIpc) is 2.71. The summed E-state index contributed by atoms with van der Waals surface area (Å²) in [6.45, 7) is 2.32. The molecule has 1 aromatic carbocycles. The number of nitrogens with zero attached hydrogens (tertiary/aromatic N) is 1. The van der Waals surface area contributed by atoms with E-state index >= 15 is 0 Å². The maximum atomic E-state index is 11.8. The second-order valence-electron chi connectivity index (χ2n) is 4.78. The van der Waals surface area contributed by atoms with Gasteiger partial charge in [0.05, 0.1) is 6.04 Å². The fourth-order valence-corrected chi connectivity index (χ4v) is 2.31. The van der Waals surface area contributed by atoms with Crippen LogP contribution in [0.5, 0.6) is 0 Å². The zero-order valence-corrected chi connectivity index (χ0v) is 10.6. The van der Waals surface area contributed by atoms with Gasteiger partial charge in [-0.2, -0.15) is 0 Å². The first-order chi connectivity index (χ1) is 8.79. The van der Waals surface area contributed by atoms with Crippen LogP contribution < -0.4 is 11.1 Å². The maximum absolute atomic E-state index is 11.8. The first kappa shape index (κ1) is 12.9. The Hall–Kier alpha value is -1.55. The molecule has 3 N–H and O–H groups in total. The predicted octanol–water partition coefficient (Wildman–Crippen LogP) is 1.36. The molecule has 1 saturated heterocycles. The summed E-state index contributed by atoms with van der Waals surface area (Å²) >= 11 is 0. The quantitative estimate of drug-likeness (QED) is 0.746. The van der Waals surface area contributed by atoms with E-state index in [1.807, 2.05) is 23.1 Å². The largest absolute Gasteiger partial charge is 0.333 e. The highest BCUT2D eigenvalue weighted by Gasteiger charge is 2.27. The van der Waals surface area contributed by atoms with Crippen LogP contribution in [0.3, 0.4) is 0 Å². The molecule has 0 saturated carbocycles. The zero-order valence-electron chi connectivity index (χ0n) is 10.6. The minimum Gasteiger partial charge on any atom is -0.333 e. The van der Waals surface area contributed by atoms with Crippen molar-refractivity contribution in [3.63, 3.8) is 0 Å². The normalized spacial score (nSPS) is 19.1. The molecule has 0 unspecified atom stereocenters. The lowest BCUT2D eigenvalue weighted by Crippen LogP contribution is -2.30. The first-order valence-corrected chi connectivity index (χ1v) is 6.59. The average molecular weight is 247 g/mol. The number of nitrogens with two attached hydrogens (primary N) is 1. The monoisotopic (exact) mass is 247 g/mol. The van der Waals surface area contributed by atoms with Gasteiger partial charge < -0.3 is 16.0 Å². The van der Waals surface area contributed by atoms with Crippen molar-refractivity contribution in [2.45, 2.75) is 25.3 Å². The number of benzene rings is 1. The van der Waals surface area contributed by atoms with Crippen LogP contribution in [-0.2, 0) is 6.42 Å². The Morgan fingerprint density at radius 1 is 1.28 bits per heavy atom. The van der Waals surface area contributed by atoms with Gasteiger partial charge in [0.15, 0.2) is 0 Å². The van der Waals surface area contributed by atoms with Crippen LogP contribution in [-0.4, -0.2) is 36.6 Å². The summed E-state index contributed by atoms with van der Waals surface area (Å²) in [6, 6.07) is 10.6. The molecule has 1 aliphatic rings. The molecule has 1 atom stereocenters. The lowest BCUT2D eigenvalue weighted by Gasteiger charge is -2.14. The van der Waals surface area contributed by atoms with Gasteiger partial charge in [0, 0.05) is 13.1 Å². The molecule has 2 amide bonds. The highest BCUT2D eigenvalue weighted by atomic mass is 16.2. The summed E-state index contributed by atoms with van der Waals surface area (Å²) in [7, 11) is 0. The van der Waals surface area contributed by atoms with Crippen molar-refractivity contribution in [1.29, 1.82) is 0 Å². The van der Waals surface area contributed by atoms with Crippen molar-refractivity contribution in [1.82, 2.24) is 10.2 Å². The summed E-state index contributed by atoms with van der Waals surface area (Å²) in [5.74, 6) is 0. The molecule has 1 heterocycles. The molecule has 0 aliphatic carbocycles. The smallest absolute Gasteiger partial charge is 0.317 e. The van der Waals surface area contributed by atoms with Crippen molar-refractivity contribution in [2.24, 2.45) is 5.73 Å². The Morgan fingerprint density at radius 3 is 2.78 bits per heavy atom. The van der Waals surface area contributed by atoms with Crippen molar-refractivity contribution in [2.75, 3.05) is 19.6 Å². The molecular weight excluding hydrogens is 226 g/mol. The molecule has 0 spiro atoms. The van der Waals surface area contributed by atoms with Crippen LogP contribution in [0.1, 0.15) is 18.4 Å². The van der Waals surface area contributed by atoms with Crippen LogP contribution in [0.2, 0.25) is 0 Å². The lowest BCUT2D eigenvalue weighted by atomic mass is 10.1. The highest BCUT2D eigenvalue weighted by molar-refractivity contribution is 5.76. The third-order valence-corrected chi connectivity index (χ3v) is 3.26. The minimum absolute atomic E-state index is 0.0629. The molecule has 1 fully saturated rings. The van der Waals surface area contributed by atoms with Crippen LogP contribution in [0.15, 0.2) is 30.3 Å². The van der Waals surface area contributed by atoms with Crippen LogP contribution in [0, 0.1) is 0 Å². The van der Waals surface area contributed by atoms with Gasteiger partial charge in [-0.1, -0.05) is 30.3 Å². The van der Waals surface area contributed by atoms with Gasteiger partial charge in [-0.05, 0) is 31.4 Å². The Labute approximate surface area is 108 Å². The standard InChI is InChI=1S/C14H21N3O/c15-8-4-5-9-17-11-13(16-14(17)18)10-12-6-2-1-3-7-12/h1-3,6-7,13H,4-5,8-11,15H2,(H,16,18)/t13-/m0/s1. The van der Waals surface area contributed by atoms with Gasteiger partial charge in [0.2, 0.25) is 0 Å². The van der Waals surface area contributed by atoms with Crippen molar-refractivity contribution < 1.29 is 4.79 Å². The van der Waals surface area contributed by atoms with Crippen molar-refractivity contribution >= 4 is 6.03 Å². The SMILES string of the molecule is NCCCCN1C[C@H](Cc2ccccc2)NC1=O. The van der Waals surface area contributed by atoms with E-state index in [-0.39, 0.29) is 12.1 Å². The van der Waals surface area contributed by atoms with Crippen molar-refractivity contribution in [3.8, 4) is 0 Å². The van der Waals surface area contributed by atoms with Gasteiger partial charge >= 0.3 is 6.03 Å². The number of unbranched alkanes of at least 4 members (excludes halogenated alkanes) is 1.